The maximum Gasteiger partial charge on any atom is 0.252 e. The van der Waals surface area contributed by atoms with Crippen LogP contribution in [0.1, 0.15) is 37.6 Å². The van der Waals surface area contributed by atoms with E-state index in [2.05, 4.69) is 34.6 Å². The molecule has 1 aromatic carbocycles. The lowest BCUT2D eigenvalue weighted by Crippen LogP contribution is -2.39. The lowest BCUT2D eigenvalue weighted by Gasteiger charge is -2.25. The van der Waals surface area contributed by atoms with Gasteiger partial charge in [-0.3, -0.25) is 9.48 Å². The fraction of sp³-hybridized carbons (Fsp3) is 0.409. The summed E-state index contributed by atoms with van der Waals surface area (Å²) in [6.45, 7) is 5.97. The lowest BCUT2D eigenvalue weighted by molar-refractivity contribution is 0.100. The number of nitrogens with one attached hydrogen (secondary N) is 2. The Hall–Kier alpha value is -3.40. The van der Waals surface area contributed by atoms with Crippen molar-refractivity contribution in [3.8, 4) is 5.88 Å². The van der Waals surface area contributed by atoms with Crippen molar-refractivity contribution < 1.29 is 13.9 Å². The molecule has 0 bridgehead atoms. The molecule has 172 valence electrons. The molecule has 6 N–H and O–H groups in total. The Kier molecular flexibility index (Phi) is 6.83. The van der Waals surface area contributed by atoms with Crippen molar-refractivity contribution >= 4 is 34.1 Å². The number of anilines is 3. The Bertz CT molecular complexity index is 1130. The largest absolute Gasteiger partial charge is 0.479 e. The fourth-order valence-corrected chi connectivity index (χ4v) is 3.61. The van der Waals surface area contributed by atoms with E-state index in [4.69, 9.17) is 16.2 Å². The fourth-order valence-electron chi connectivity index (χ4n) is 3.61. The highest BCUT2D eigenvalue weighted by Gasteiger charge is 2.22. The smallest absolute Gasteiger partial charge is 0.252 e. The van der Waals surface area contributed by atoms with E-state index in [0.29, 0.717) is 22.9 Å². The van der Waals surface area contributed by atoms with Gasteiger partial charge in [-0.15, -0.1) is 5.10 Å². The van der Waals surface area contributed by atoms with E-state index in [1.54, 1.807) is 17.8 Å². The van der Waals surface area contributed by atoms with E-state index in [9.17, 15) is 9.18 Å². The number of carbonyl (C=O) groups excluding carboxylic acids is 1. The molecule has 2 aromatic heterocycles. The molecular formula is C22H30FN7O2. The zero-order valence-electron chi connectivity index (χ0n) is 18.9. The van der Waals surface area contributed by atoms with Gasteiger partial charge < -0.3 is 26.8 Å². The summed E-state index contributed by atoms with van der Waals surface area (Å²) in [7, 11) is 3.32. The van der Waals surface area contributed by atoms with Gasteiger partial charge in [0.1, 0.15) is 5.82 Å². The molecule has 32 heavy (non-hydrogen) atoms. The average molecular weight is 444 g/mol. The Balaban J connectivity index is 2.07. The number of benzene rings is 1. The number of amides is 1. The first-order valence-corrected chi connectivity index (χ1v) is 10.4. The Morgan fingerprint density at radius 1 is 1.28 bits per heavy atom. The van der Waals surface area contributed by atoms with E-state index < -0.39 is 11.7 Å². The second-order valence-corrected chi connectivity index (χ2v) is 8.28. The normalized spacial score (nSPS) is 13.2. The van der Waals surface area contributed by atoms with Gasteiger partial charge in [-0.1, -0.05) is 19.9 Å². The van der Waals surface area contributed by atoms with E-state index in [1.165, 1.54) is 7.11 Å². The summed E-state index contributed by atoms with van der Waals surface area (Å²) in [4.78, 5) is 16.4. The summed E-state index contributed by atoms with van der Waals surface area (Å²) in [6, 6.07) is 6.14. The van der Waals surface area contributed by atoms with Crippen molar-refractivity contribution in [3.63, 3.8) is 0 Å². The summed E-state index contributed by atoms with van der Waals surface area (Å²) >= 11 is 0. The van der Waals surface area contributed by atoms with Crippen molar-refractivity contribution in [1.82, 2.24) is 14.8 Å². The van der Waals surface area contributed by atoms with Gasteiger partial charge in [-0.2, -0.15) is 0 Å². The number of nitrogens with two attached hydrogens (primary N) is 2. The predicted molar refractivity (Wildman–Crippen MR) is 124 cm³/mol. The molecular weight excluding hydrogens is 413 g/mol. The van der Waals surface area contributed by atoms with E-state index in [0.717, 1.165) is 18.0 Å². The zero-order valence-corrected chi connectivity index (χ0v) is 18.9. The minimum Gasteiger partial charge on any atom is -0.479 e. The number of primary amides is 1. The number of aryl methyl sites for hydroxylation is 1. The number of aromatic nitrogens is 3. The molecule has 3 rings (SSSR count). The highest BCUT2D eigenvalue weighted by Crippen LogP contribution is 2.34. The second kappa shape index (κ2) is 9.39. The van der Waals surface area contributed by atoms with Gasteiger partial charge >= 0.3 is 0 Å². The third kappa shape index (κ3) is 4.75. The minimum absolute atomic E-state index is 0.00854. The third-order valence-corrected chi connectivity index (χ3v) is 5.22. The first-order chi connectivity index (χ1) is 15.1. The first-order valence-electron chi connectivity index (χ1n) is 10.4. The van der Waals surface area contributed by atoms with Gasteiger partial charge in [0, 0.05) is 19.1 Å². The Morgan fingerprint density at radius 2 is 2.00 bits per heavy atom. The van der Waals surface area contributed by atoms with Crippen molar-refractivity contribution in [2.45, 2.75) is 39.3 Å². The van der Waals surface area contributed by atoms with Crippen LogP contribution >= 0.6 is 0 Å². The van der Waals surface area contributed by atoms with Crippen LogP contribution in [0.25, 0.3) is 10.9 Å². The number of nitrogens with zero attached hydrogens (tertiary/aromatic N) is 3. The van der Waals surface area contributed by atoms with Crippen LogP contribution in [0.4, 0.5) is 21.7 Å². The molecule has 0 aliphatic carbocycles. The van der Waals surface area contributed by atoms with Crippen molar-refractivity contribution in [2.75, 3.05) is 17.7 Å². The molecule has 1 amide bonds. The van der Waals surface area contributed by atoms with Gasteiger partial charge in [0.15, 0.2) is 11.6 Å². The number of ether oxygens (including phenoxy) is 1. The number of hydrogen-bond acceptors (Lipinski definition) is 7. The summed E-state index contributed by atoms with van der Waals surface area (Å²) in [5.74, 6) is -0.628. The SMILES string of the molecule is COc1nn(C)c2cccc(Nc3nc(N[C@H](CC(C)C)[C@H](C)N)c(F)cc3C(N)=O)c12. The highest BCUT2D eigenvalue weighted by molar-refractivity contribution is 6.02. The molecule has 10 heteroatoms. The van der Waals surface area contributed by atoms with Crippen molar-refractivity contribution in [1.29, 1.82) is 0 Å². The standard InChI is InChI=1S/C22H30FN7O2/c1-11(2)9-16(12(3)24)27-21-14(23)10-13(19(25)31)20(28-21)26-15-7-6-8-17-18(15)22(32-5)29-30(17)4/h6-8,10-12,16H,9,24H2,1-5H3,(H2,25,31)(H2,26,27,28)/t12-,16+/m0/s1. The summed E-state index contributed by atoms with van der Waals surface area (Å²) in [5, 5.41) is 11.2. The maximum absolute atomic E-state index is 14.8. The van der Waals surface area contributed by atoms with E-state index in [1.807, 2.05) is 19.1 Å². The van der Waals surface area contributed by atoms with Gasteiger partial charge in [-0.25, -0.2) is 9.37 Å². The molecule has 2 atom stereocenters. The average Bonchev–Trinajstić information content (AvgIpc) is 3.06. The Labute approximate surface area is 186 Å². The summed E-state index contributed by atoms with van der Waals surface area (Å²) < 4.78 is 21.9. The number of hydrogen-bond donors (Lipinski definition) is 4. The molecule has 0 saturated heterocycles. The van der Waals surface area contributed by atoms with Crippen LogP contribution in [0.15, 0.2) is 24.3 Å². The van der Waals surface area contributed by atoms with Crippen LogP contribution in [-0.4, -0.2) is 39.9 Å². The summed E-state index contributed by atoms with van der Waals surface area (Å²) in [5.41, 5.74) is 12.9. The van der Waals surface area contributed by atoms with Crippen LogP contribution in [0.2, 0.25) is 0 Å². The van der Waals surface area contributed by atoms with Gasteiger partial charge in [0.25, 0.3) is 5.91 Å². The Morgan fingerprint density at radius 3 is 2.59 bits per heavy atom. The van der Waals surface area contributed by atoms with Crippen LogP contribution in [0.3, 0.4) is 0 Å². The van der Waals surface area contributed by atoms with Gasteiger partial charge in [0.2, 0.25) is 5.88 Å². The zero-order chi connectivity index (χ0) is 23.6. The van der Waals surface area contributed by atoms with E-state index in [-0.39, 0.29) is 29.3 Å². The molecule has 0 saturated carbocycles. The van der Waals surface area contributed by atoms with Crippen LogP contribution in [0.5, 0.6) is 5.88 Å². The number of rotatable bonds is 9. The van der Waals surface area contributed by atoms with Crippen molar-refractivity contribution in [2.24, 2.45) is 24.4 Å². The van der Waals surface area contributed by atoms with E-state index >= 15 is 0 Å². The maximum atomic E-state index is 14.8. The summed E-state index contributed by atoms with van der Waals surface area (Å²) in [6.07, 6.45) is 0.727. The minimum atomic E-state index is -0.804. The lowest BCUT2D eigenvalue weighted by atomic mass is 9.99. The molecule has 0 aliphatic rings. The molecule has 0 radical (unpaired) electrons. The van der Waals surface area contributed by atoms with Crippen LogP contribution in [-0.2, 0) is 7.05 Å². The number of fused-ring (bicyclic) bond motifs is 1. The molecule has 0 fully saturated rings. The molecule has 0 unspecified atom stereocenters. The van der Waals surface area contributed by atoms with Gasteiger partial charge in [-0.05, 0) is 37.5 Å². The van der Waals surface area contributed by atoms with Gasteiger partial charge in [0.05, 0.1) is 29.3 Å². The number of carbonyl (C=O) groups is 1. The quantitative estimate of drug-likeness (QED) is 0.399. The van der Waals surface area contributed by atoms with Crippen LogP contribution < -0.4 is 26.8 Å². The van der Waals surface area contributed by atoms with Crippen LogP contribution in [0, 0.1) is 11.7 Å². The molecule has 9 nitrogen and oxygen atoms in total. The number of halogens is 1. The topological polar surface area (TPSA) is 133 Å². The number of methoxy groups -OCH3 is 1. The number of pyridine rings is 1. The molecule has 2 heterocycles. The molecule has 3 aromatic rings. The predicted octanol–water partition coefficient (Wildman–Crippen LogP) is 3.13. The molecule has 0 aliphatic heterocycles. The first kappa shape index (κ1) is 23.3. The monoisotopic (exact) mass is 443 g/mol. The third-order valence-electron chi connectivity index (χ3n) is 5.22. The molecule has 0 spiro atoms. The second-order valence-electron chi connectivity index (χ2n) is 8.28. The van der Waals surface area contributed by atoms with Crippen molar-refractivity contribution in [3.05, 3.63) is 35.6 Å². The highest BCUT2D eigenvalue weighted by atomic mass is 19.1.